The fourth-order valence-electron chi connectivity index (χ4n) is 2.86. The fourth-order valence-corrected chi connectivity index (χ4v) is 2.86. The van der Waals surface area contributed by atoms with Crippen LogP contribution in [0.15, 0.2) is 30.6 Å². The highest BCUT2D eigenvalue weighted by Gasteiger charge is 2.35. The van der Waals surface area contributed by atoms with Crippen LogP contribution in [0.5, 0.6) is 11.5 Å². The molecule has 3 rings (SSSR count). The highest BCUT2D eigenvalue weighted by molar-refractivity contribution is 6.03. The molecule has 0 unspecified atom stereocenters. The van der Waals surface area contributed by atoms with Gasteiger partial charge in [-0.25, -0.2) is 0 Å². The second-order valence-corrected chi connectivity index (χ2v) is 5.84. The van der Waals surface area contributed by atoms with Gasteiger partial charge in [-0.3, -0.25) is 14.3 Å². The third kappa shape index (κ3) is 3.42. The Bertz CT molecular complexity index is 802. The smallest absolute Gasteiger partial charge is 0.229 e. The zero-order valence-electron chi connectivity index (χ0n) is 14.4. The van der Waals surface area contributed by atoms with Crippen LogP contribution in [0, 0.1) is 5.92 Å². The SMILES string of the molecule is COc1ccc(N2C[C@@H](C(=O)Nc3cnn(C)c3)CC2=O)cc1OC. The molecule has 132 valence electrons. The maximum Gasteiger partial charge on any atom is 0.229 e. The summed E-state index contributed by atoms with van der Waals surface area (Å²) in [4.78, 5) is 26.3. The predicted molar refractivity (Wildman–Crippen MR) is 91.8 cm³/mol. The van der Waals surface area contributed by atoms with Crippen LogP contribution in [0.3, 0.4) is 0 Å². The van der Waals surface area contributed by atoms with Gasteiger partial charge in [0, 0.05) is 38.0 Å². The van der Waals surface area contributed by atoms with Crippen molar-refractivity contribution in [3.63, 3.8) is 0 Å². The molecular formula is C17H20N4O4. The molecule has 2 aromatic rings. The molecule has 1 aromatic carbocycles. The first-order valence-corrected chi connectivity index (χ1v) is 7.83. The van der Waals surface area contributed by atoms with Crippen LogP contribution in [-0.4, -0.2) is 42.4 Å². The number of ether oxygens (including phenoxy) is 2. The Morgan fingerprint density at radius 1 is 1.28 bits per heavy atom. The van der Waals surface area contributed by atoms with Gasteiger partial charge in [0.2, 0.25) is 11.8 Å². The monoisotopic (exact) mass is 344 g/mol. The van der Waals surface area contributed by atoms with Crippen molar-refractivity contribution in [2.24, 2.45) is 13.0 Å². The van der Waals surface area contributed by atoms with Crippen molar-refractivity contribution < 1.29 is 19.1 Å². The lowest BCUT2D eigenvalue weighted by Gasteiger charge is -2.18. The standard InChI is InChI=1S/C17H20N4O4/c1-20-10-12(8-18-20)19-17(23)11-6-16(22)21(9-11)13-4-5-14(24-2)15(7-13)25-3/h4-5,7-8,10-11H,6,9H2,1-3H3,(H,19,23)/t11-/m0/s1. The molecule has 1 N–H and O–H groups in total. The Morgan fingerprint density at radius 2 is 2.04 bits per heavy atom. The largest absolute Gasteiger partial charge is 0.493 e. The number of rotatable bonds is 5. The molecule has 0 aliphatic carbocycles. The minimum absolute atomic E-state index is 0.0986. The van der Waals surface area contributed by atoms with Crippen LogP contribution in [0.1, 0.15) is 6.42 Å². The fraction of sp³-hybridized carbons (Fsp3) is 0.353. The number of benzene rings is 1. The maximum absolute atomic E-state index is 12.4. The quantitative estimate of drug-likeness (QED) is 0.887. The molecule has 8 heteroatoms. The number of carbonyl (C=O) groups excluding carboxylic acids is 2. The summed E-state index contributed by atoms with van der Waals surface area (Å²) in [6.07, 6.45) is 3.45. The molecule has 1 fully saturated rings. The summed E-state index contributed by atoms with van der Waals surface area (Å²) in [5.74, 6) is 0.420. The van der Waals surface area contributed by atoms with Gasteiger partial charge < -0.3 is 19.7 Å². The Morgan fingerprint density at radius 3 is 2.68 bits per heavy atom. The van der Waals surface area contributed by atoms with Crippen molar-refractivity contribution in [2.45, 2.75) is 6.42 Å². The Kier molecular flexibility index (Phi) is 4.60. The average molecular weight is 344 g/mol. The molecule has 0 radical (unpaired) electrons. The highest BCUT2D eigenvalue weighted by atomic mass is 16.5. The normalized spacial score (nSPS) is 16.8. The van der Waals surface area contributed by atoms with Crippen LogP contribution < -0.4 is 19.7 Å². The number of nitrogens with one attached hydrogen (secondary N) is 1. The molecule has 8 nitrogen and oxygen atoms in total. The molecule has 0 bridgehead atoms. The number of hydrogen-bond donors (Lipinski definition) is 1. The van der Waals surface area contributed by atoms with Crippen molar-refractivity contribution in [3.05, 3.63) is 30.6 Å². The molecule has 0 spiro atoms. The summed E-state index contributed by atoms with van der Waals surface area (Å²) in [5.41, 5.74) is 1.30. The van der Waals surface area contributed by atoms with Gasteiger partial charge in [-0.15, -0.1) is 0 Å². The highest BCUT2D eigenvalue weighted by Crippen LogP contribution is 2.34. The Labute approximate surface area is 145 Å². The Balaban J connectivity index is 1.73. The van der Waals surface area contributed by atoms with E-state index in [9.17, 15) is 9.59 Å². The van der Waals surface area contributed by atoms with Gasteiger partial charge in [0.15, 0.2) is 11.5 Å². The van der Waals surface area contributed by atoms with E-state index in [1.165, 1.54) is 7.11 Å². The predicted octanol–water partition coefficient (Wildman–Crippen LogP) is 1.43. The van der Waals surface area contributed by atoms with Gasteiger partial charge in [0.1, 0.15) is 0 Å². The van der Waals surface area contributed by atoms with Crippen LogP contribution in [0.4, 0.5) is 11.4 Å². The number of nitrogens with zero attached hydrogens (tertiary/aromatic N) is 3. The summed E-state index contributed by atoms with van der Waals surface area (Å²) in [5, 5.41) is 6.80. The van der Waals surface area contributed by atoms with Gasteiger partial charge in [-0.2, -0.15) is 5.10 Å². The van der Waals surface area contributed by atoms with Gasteiger partial charge in [0.05, 0.1) is 32.0 Å². The van der Waals surface area contributed by atoms with E-state index in [0.717, 1.165) is 0 Å². The number of hydrogen-bond acceptors (Lipinski definition) is 5. The summed E-state index contributed by atoms with van der Waals surface area (Å²) in [6, 6.07) is 5.25. The number of carbonyl (C=O) groups is 2. The molecular weight excluding hydrogens is 324 g/mol. The number of amides is 2. The molecule has 1 aliphatic heterocycles. The first-order chi connectivity index (χ1) is 12.0. The third-order valence-corrected chi connectivity index (χ3v) is 4.15. The van der Waals surface area contributed by atoms with Crippen molar-refractivity contribution in [2.75, 3.05) is 31.0 Å². The topological polar surface area (TPSA) is 85.7 Å². The number of anilines is 2. The third-order valence-electron chi connectivity index (χ3n) is 4.15. The summed E-state index contributed by atoms with van der Waals surface area (Å²) >= 11 is 0. The number of methoxy groups -OCH3 is 2. The lowest BCUT2D eigenvalue weighted by Crippen LogP contribution is -2.28. The Hall–Kier alpha value is -3.03. The van der Waals surface area contributed by atoms with Gasteiger partial charge in [-0.1, -0.05) is 0 Å². The van der Waals surface area contributed by atoms with Crippen LogP contribution in [0.25, 0.3) is 0 Å². The molecule has 1 aliphatic rings. The summed E-state index contributed by atoms with van der Waals surface area (Å²) < 4.78 is 12.1. The summed E-state index contributed by atoms with van der Waals surface area (Å²) in [6.45, 7) is 0.320. The van der Waals surface area contributed by atoms with Crippen LogP contribution in [-0.2, 0) is 16.6 Å². The van der Waals surface area contributed by atoms with Crippen molar-refractivity contribution >= 4 is 23.2 Å². The lowest BCUT2D eigenvalue weighted by atomic mass is 10.1. The van der Waals surface area contributed by atoms with Crippen molar-refractivity contribution in [3.8, 4) is 11.5 Å². The van der Waals surface area contributed by atoms with E-state index in [1.54, 1.807) is 54.3 Å². The maximum atomic E-state index is 12.4. The second kappa shape index (κ2) is 6.84. The molecule has 25 heavy (non-hydrogen) atoms. The average Bonchev–Trinajstić information content (AvgIpc) is 3.19. The zero-order valence-corrected chi connectivity index (χ0v) is 14.4. The zero-order chi connectivity index (χ0) is 18.0. The van der Waals surface area contributed by atoms with E-state index in [1.807, 2.05) is 0 Å². The first-order valence-electron chi connectivity index (χ1n) is 7.83. The van der Waals surface area contributed by atoms with E-state index < -0.39 is 5.92 Å². The minimum Gasteiger partial charge on any atom is -0.493 e. The number of aromatic nitrogens is 2. The van der Waals surface area contributed by atoms with Gasteiger partial charge in [-0.05, 0) is 12.1 Å². The lowest BCUT2D eigenvalue weighted by molar-refractivity contribution is -0.122. The van der Waals surface area contributed by atoms with Crippen LogP contribution in [0.2, 0.25) is 0 Å². The van der Waals surface area contributed by atoms with Crippen molar-refractivity contribution in [1.82, 2.24) is 9.78 Å². The van der Waals surface area contributed by atoms with E-state index in [0.29, 0.717) is 29.4 Å². The number of aryl methyl sites for hydroxylation is 1. The summed E-state index contributed by atoms with van der Waals surface area (Å²) in [7, 11) is 4.86. The second-order valence-electron chi connectivity index (χ2n) is 5.84. The van der Waals surface area contributed by atoms with E-state index in [-0.39, 0.29) is 18.2 Å². The van der Waals surface area contributed by atoms with Gasteiger partial charge in [0.25, 0.3) is 0 Å². The van der Waals surface area contributed by atoms with E-state index in [4.69, 9.17) is 9.47 Å². The van der Waals surface area contributed by atoms with Gasteiger partial charge >= 0.3 is 0 Å². The first kappa shape index (κ1) is 16.8. The molecule has 0 saturated carbocycles. The van der Waals surface area contributed by atoms with E-state index >= 15 is 0 Å². The van der Waals surface area contributed by atoms with E-state index in [2.05, 4.69) is 10.4 Å². The molecule has 2 heterocycles. The minimum atomic E-state index is -0.416. The molecule has 1 atom stereocenters. The van der Waals surface area contributed by atoms with Crippen molar-refractivity contribution in [1.29, 1.82) is 0 Å². The molecule has 1 aromatic heterocycles. The molecule has 1 saturated heterocycles. The molecule has 2 amide bonds. The van der Waals surface area contributed by atoms with Crippen LogP contribution >= 0.6 is 0 Å².